The first-order valence-corrected chi connectivity index (χ1v) is 7.82. The Labute approximate surface area is 151 Å². The number of hydrogen-bond acceptors (Lipinski definition) is 5. The van der Waals surface area contributed by atoms with Gasteiger partial charge in [-0.2, -0.15) is 5.26 Å². The maximum absolute atomic E-state index is 11.9. The van der Waals surface area contributed by atoms with Crippen LogP contribution in [0.15, 0.2) is 36.4 Å². The molecule has 7 heteroatoms. The third-order valence-corrected chi connectivity index (χ3v) is 3.53. The van der Waals surface area contributed by atoms with Gasteiger partial charge < -0.3 is 14.8 Å². The molecular formula is C19H19N3O4. The van der Waals surface area contributed by atoms with Crippen LogP contribution in [0.25, 0.3) is 0 Å². The highest BCUT2D eigenvalue weighted by atomic mass is 16.5. The minimum atomic E-state index is -0.641. The van der Waals surface area contributed by atoms with Crippen LogP contribution >= 0.6 is 0 Å². The van der Waals surface area contributed by atoms with E-state index >= 15 is 0 Å². The van der Waals surface area contributed by atoms with E-state index in [1.165, 1.54) is 19.2 Å². The molecule has 0 aromatic heterocycles. The average Bonchev–Trinajstić information content (AvgIpc) is 2.62. The summed E-state index contributed by atoms with van der Waals surface area (Å²) in [6.07, 6.45) is 0. The highest BCUT2D eigenvalue weighted by Crippen LogP contribution is 2.27. The molecule has 0 bridgehead atoms. The number of carbonyl (C=O) groups is 2. The molecule has 3 amide bonds. The highest BCUT2D eigenvalue weighted by molar-refractivity contribution is 6.01. The molecule has 0 aliphatic rings. The molecule has 0 radical (unpaired) electrons. The van der Waals surface area contributed by atoms with Crippen molar-refractivity contribution in [2.24, 2.45) is 0 Å². The van der Waals surface area contributed by atoms with Gasteiger partial charge in [-0.15, -0.1) is 0 Å². The number of methoxy groups -OCH3 is 1. The number of imide groups is 1. The topological polar surface area (TPSA) is 100 Å². The standard InChI is InChI=1S/C19H19N3O4/c1-12-4-6-15(13(2)8-12)21-19(24)22-18(23)11-26-16-7-5-14(10-20)9-17(16)25-3/h4-9H,11H2,1-3H3,(H2,21,22,23,24). The maximum Gasteiger partial charge on any atom is 0.325 e. The van der Waals surface area contributed by atoms with E-state index in [2.05, 4.69) is 10.6 Å². The van der Waals surface area contributed by atoms with Gasteiger partial charge in [0.25, 0.3) is 5.91 Å². The minimum Gasteiger partial charge on any atom is -0.493 e. The third kappa shape index (κ3) is 4.98. The number of nitrogens with one attached hydrogen (secondary N) is 2. The van der Waals surface area contributed by atoms with Crippen molar-refractivity contribution in [2.75, 3.05) is 19.0 Å². The van der Waals surface area contributed by atoms with Crippen LogP contribution in [0.4, 0.5) is 10.5 Å². The third-order valence-electron chi connectivity index (χ3n) is 3.53. The van der Waals surface area contributed by atoms with Gasteiger partial charge in [0.2, 0.25) is 0 Å². The number of hydrogen-bond donors (Lipinski definition) is 2. The second-order valence-corrected chi connectivity index (χ2v) is 5.59. The van der Waals surface area contributed by atoms with Gasteiger partial charge in [-0.05, 0) is 37.6 Å². The zero-order valence-corrected chi connectivity index (χ0v) is 14.8. The van der Waals surface area contributed by atoms with Crippen LogP contribution in [0.3, 0.4) is 0 Å². The molecule has 0 aliphatic carbocycles. The molecule has 7 nitrogen and oxygen atoms in total. The summed E-state index contributed by atoms with van der Waals surface area (Å²) >= 11 is 0. The predicted octanol–water partition coefficient (Wildman–Crippen LogP) is 2.91. The molecule has 2 rings (SSSR count). The number of benzene rings is 2. The van der Waals surface area contributed by atoms with Crippen molar-refractivity contribution in [3.05, 3.63) is 53.1 Å². The second kappa shape index (κ2) is 8.53. The van der Waals surface area contributed by atoms with E-state index in [1.54, 1.807) is 12.1 Å². The van der Waals surface area contributed by atoms with E-state index in [0.29, 0.717) is 22.7 Å². The minimum absolute atomic E-state index is 0.302. The smallest absolute Gasteiger partial charge is 0.325 e. The van der Waals surface area contributed by atoms with Gasteiger partial charge in [0.15, 0.2) is 18.1 Å². The van der Waals surface area contributed by atoms with Crippen molar-refractivity contribution < 1.29 is 19.1 Å². The fourth-order valence-corrected chi connectivity index (χ4v) is 2.27. The van der Waals surface area contributed by atoms with Gasteiger partial charge in [0.05, 0.1) is 18.7 Å². The Bertz CT molecular complexity index is 872. The quantitative estimate of drug-likeness (QED) is 0.861. The molecule has 134 valence electrons. The van der Waals surface area contributed by atoms with Crippen molar-refractivity contribution in [1.82, 2.24) is 5.32 Å². The van der Waals surface area contributed by atoms with Gasteiger partial charge in [0.1, 0.15) is 0 Å². The number of nitriles is 1. The van der Waals surface area contributed by atoms with E-state index in [-0.39, 0.29) is 6.61 Å². The van der Waals surface area contributed by atoms with Crippen LogP contribution in [0, 0.1) is 25.2 Å². The molecule has 0 atom stereocenters. The summed E-state index contributed by atoms with van der Waals surface area (Å²) in [6.45, 7) is 3.45. The average molecular weight is 353 g/mol. The molecule has 0 saturated carbocycles. The van der Waals surface area contributed by atoms with Crippen molar-refractivity contribution in [3.8, 4) is 17.6 Å². The molecule has 0 spiro atoms. The van der Waals surface area contributed by atoms with Crippen LogP contribution in [-0.4, -0.2) is 25.7 Å². The molecule has 2 N–H and O–H groups in total. The molecule has 2 aromatic rings. The first kappa shape index (κ1) is 18.8. The highest BCUT2D eigenvalue weighted by Gasteiger charge is 2.12. The van der Waals surface area contributed by atoms with Gasteiger partial charge in [-0.1, -0.05) is 17.7 Å². The molecular weight excluding hydrogens is 334 g/mol. The molecule has 2 aromatic carbocycles. The number of ether oxygens (including phenoxy) is 2. The van der Waals surface area contributed by atoms with E-state index in [0.717, 1.165) is 11.1 Å². The van der Waals surface area contributed by atoms with Crippen LogP contribution < -0.4 is 20.1 Å². The van der Waals surface area contributed by atoms with E-state index in [1.807, 2.05) is 32.0 Å². The fraction of sp³-hybridized carbons (Fsp3) is 0.211. The Morgan fingerprint density at radius 1 is 1.12 bits per heavy atom. The zero-order valence-electron chi connectivity index (χ0n) is 14.8. The Balaban J connectivity index is 1.90. The first-order valence-electron chi connectivity index (χ1n) is 7.82. The summed E-state index contributed by atoms with van der Waals surface area (Å²) in [7, 11) is 1.43. The lowest BCUT2D eigenvalue weighted by atomic mass is 10.1. The van der Waals surface area contributed by atoms with Crippen LogP contribution in [0.2, 0.25) is 0 Å². The normalized spacial score (nSPS) is 9.77. The molecule has 26 heavy (non-hydrogen) atoms. The van der Waals surface area contributed by atoms with E-state index in [4.69, 9.17) is 14.7 Å². The van der Waals surface area contributed by atoms with Crippen LogP contribution in [0.5, 0.6) is 11.5 Å². The summed E-state index contributed by atoms with van der Waals surface area (Å²) in [6, 6.07) is 11.5. The number of aryl methyl sites for hydroxylation is 2. The lowest BCUT2D eigenvalue weighted by molar-refractivity contribution is -0.121. The fourth-order valence-electron chi connectivity index (χ4n) is 2.27. The Hall–Kier alpha value is -3.53. The largest absolute Gasteiger partial charge is 0.493 e. The Morgan fingerprint density at radius 3 is 2.54 bits per heavy atom. The predicted molar refractivity (Wildman–Crippen MR) is 96.3 cm³/mol. The molecule has 0 saturated heterocycles. The van der Waals surface area contributed by atoms with Crippen molar-refractivity contribution >= 4 is 17.6 Å². The van der Waals surface area contributed by atoms with Crippen LogP contribution in [0.1, 0.15) is 16.7 Å². The number of rotatable bonds is 5. The van der Waals surface area contributed by atoms with E-state index < -0.39 is 11.9 Å². The number of amides is 3. The van der Waals surface area contributed by atoms with Gasteiger partial charge in [0, 0.05) is 11.8 Å². The summed E-state index contributed by atoms with van der Waals surface area (Å²) in [5.74, 6) is 0.0201. The number of urea groups is 1. The monoisotopic (exact) mass is 353 g/mol. The molecule has 0 heterocycles. The molecule has 0 unspecified atom stereocenters. The molecule has 0 fully saturated rings. The summed E-state index contributed by atoms with van der Waals surface area (Å²) in [4.78, 5) is 23.8. The first-order chi connectivity index (χ1) is 12.4. The van der Waals surface area contributed by atoms with Gasteiger partial charge in [-0.3, -0.25) is 10.1 Å². The number of nitrogens with zero attached hydrogens (tertiary/aromatic N) is 1. The van der Waals surface area contributed by atoms with Crippen molar-refractivity contribution in [2.45, 2.75) is 13.8 Å². The van der Waals surface area contributed by atoms with Gasteiger partial charge >= 0.3 is 6.03 Å². The maximum atomic E-state index is 11.9. The van der Waals surface area contributed by atoms with E-state index in [9.17, 15) is 9.59 Å². The second-order valence-electron chi connectivity index (χ2n) is 5.59. The summed E-state index contributed by atoms with van der Waals surface area (Å²) < 4.78 is 10.5. The lowest BCUT2D eigenvalue weighted by Crippen LogP contribution is -2.37. The summed E-state index contributed by atoms with van der Waals surface area (Å²) in [5.41, 5.74) is 3.00. The van der Waals surface area contributed by atoms with Crippen molar-refractivity contribution in [3.63, 3.8) is 0 Å². The van der Waals surface area contributed by atoms with Crippen LogP contribution in [-0.2, 0) is 4.79 Å². The number of carbonyl (C=O) groups excluding carboxylic acids is 2. The SMILES string of the molecule is COc1cc(C#N)ccc1OCC(=O)NC(=O)Nc1ccc(C)cc1C. The molecule has 0 aliphatic heterocycles. The lowest BCUT2D eigenvalue weighted by Gasteiger charge is -2.12. The zero-order chi connectivity index (χ0) is 19.1. The van der Waals surface area contributed by atoms with Gasteiger partial charge in [-0.25, -0.2) is 4.79 Å². The Morgan fingerprint density at radius 2 is 1.88 bits per heavy atom. The Kier molecular flexibility index (Phi) is 6.17. The summed E-state index contributed by atoms with van der Waals surface area (Å²) in [5, 5.41) is 13.7. The van der Waals surface area contributed by atoms with Crippen molar-refractivity contribution in [1.29, 1.82) is 5.26 Å². The number of anilines is 1.